The summed E-state index contributed by atoms with van der Waals surface area (Å²) in [5.41, 5.74) is 0.360. The van der Waals surface area contributed by atoms with Crippen LogP contribution in [0.5, 0.6) is 5.75 Å². The first-order chi connectivity index (χ1) is 10.6. The molecule has 0 aliphatic heterocycles. The number of anilines is 2. The number of para-hydroxylation sites is 2. The number of ether oxygens (including phenoxy) is 1. The van der Waals surface area contributed by atoms with E-state index in [1.54, 1.807) is 30.3 Å². The summed E-state index contributed by atoms with van der Waals surface area (Å²) in [4.78, 5) is 10.6. The molecule has 2 aromatic carbocycles. The van der Waals surface area contributed by atoms with E-state index in [9.17, 15) is 10.1 Å². The molecule has 108 valence electrons. The molecule has 0 bridgehead atoms. The van der Waals surface area contributed by atoms with Crippen molar-refractivity contribution >= 4 is 17.1 Å². The molecule has 0 saturated carbocycles. The van der Waals surface area contributed by atoms with E-state index in [2.05, 4.69) is 5.32 Å². The molecule has 0 aromatic heterocycles. The summed E-state index contributed by atoms with van der Waals surface area (Å²) >= 11 is 0. The smallest absolute Gasteiger partial charge is 0.294 e. The van der Waals surface area contributed by atoms with Crippen molar-refractivity contribution in [3.63, 3.8) is 0 Å². The summed E-state index contributed by atoms with van der Waals surface area (Å²) < 4.78 is 5.17. The molecule has 0 heterocycles. The lowest BCUT2D eigenvalue weighted by molar-refractivity contribution is -0.383. The van der Waals surface area contributed by atoms with Crippen molar-refractivity contribution in [2.24, 2.45) is 0 Å². The summed E-state index contributed by atoms with van der Waals surface area (Å²) in [6, 6.07) is 12.9. The zero-order valence-electron chi connectivity index (χ0n) is 11.5. The number of nitro groups is 1. The van der Waals surface area contributed by atoms with Crippen LogP contribution in [-0.4, -0.2) is 12.0 Å². The van der Waals surface area contributed by atoms with E-state index in [4.69, 9.17) is 15.3 Å². The van der Waals surface area contributed by atoms with Gasteiger partial charge in [0, 0.05) is 6.07 Å². The first-order valence-corrected chi connectivity index (χ1v) is 6.13. The molecule has 0 fully saturated rings. The third kappa shape index (κ3) is 2.79. The minimum Gasteiger partial charge on any atom is -0.495 e. The van der Waals surface area contributed by atoms with E-state index in [1.807, 2.05) is 6.07 Å². The second kappa shape index (κ2) is 6.25. The molecule has 0 spiro atoms. The van der Waals surface area contributed by atoms with Gasteiger partial charge in [0.15, 0.2) is 0 Å². The van der Waals surface area contributed by atoms with Crippen LogP contribution in [0.15, 0.2) is 36.4 Å². The molecular weight excluding hydrogens is 284 g/mol. The fraction of sp³-hybridized carbons (Fsp3) is 0.0667. The first-order valence-electron chi connectivity index (χ1n) is 6.13. The highest BCUT2D eigenvalue weighted by molar-refractivity contribution is 5.76. The van der Waals surface area contributed by atoms with Crippen LogP contribution >= 0.6 is 0 Å². The predicted molar refractivity (Wildman–Crippen MR) is 78.8 cm³/mol. The van der Waals surface area contributed by atoms with Gasteiger partial charge < -0.3 is 10.1 Å². The number of hydrogen-bond donors (Lipinski definition) is 1. The predicted octanol–water partition coefficient (Wildman–Crippen LogP) is 3.09. The molecule has 0 aliphatic rings. The molecule has 0 saturated heterocycles. The Bertz CT molecular complexity index is 819. The Hall–Kier alpha value is -3.58. The number of methoxy groups -OCH3 is 1. The van der Waals surface area contributed by atoms with Crippen molar-refractivity contribution in [3.8, 4) is 17.9 Å². The highest BCUT2D eigenvalue weighted by atomic mass is 16.6. The second-order valence-electron chi connectivity index (χ2n) is 4.22. The number of nitrogens with one attached hydrogen (secondary N) is 1. The molecule has 2 aromatic rings. The molecule has 22 heavy (non-hydrogen) atoms. The Balaban J connectivity index is 2.57. The minimum absolute atomic E-state index is 0.0419. The molecule has 0 amide bonds. The maximum absolute atomic E-state index is 11.2. The van der Waals surface area contributed by atoms with Crippen molar-refractivity contribution in [1.29, 1.82) is 10.5 Å². The second-order valence-corrected chi connectivity index (χ2v) is 4.22. The minimum atomic E-state index is -0.611. The van der Waals surface area contributed by atoms with Gasteiger partial charge in [0.2, 0.25) is 0 Å². The SMILES string of the molecule is COc1ccccc1Nc1cc(C#N)c(C#N)cc1[N+](=O)[O-]. The van der Waals surface area contributed by atoms with Crippen LogP contribution in [0.1, 0.15) is 11.1 Å². The fourth-order valence-corrected chi connectivity index (χ4v) is 1.92. The lowest BCUT2D eigenvalue weighted by atomic mass is 10.1. The van der Waals surface area contributed by atoms with Gasteiger partial charge in [-0.15, -0.1) is 0 Å². The Morgan fingerprint density at radius 1 is 1.14 bits per heavy atom. The van der Waals surface area contributed by atoms with Gasteiger partial charge in [-0.2, -0.15) is 10.5 Å². The fourth-order valence-electron chi connectivity index (χ4n) is 1.92. The maximum Gasteiger partial charge on any atom is 0.294 e. The Morgan fingerprint density at radius 2 is 1.77 bits per heavy atom. The van der Waals surface area contributed by atoms with Gasteiger partial charge in [-0.25, -0.2) is 0 Å². The van der Waals surface area contributed by atoms with Gasteiger partial charge in [0.05, 0.1) is 28.8 Å². The largest absolute Gasteiger partial charge is 0.495 e. The van der Waals surface area contributed by atoms with E-state index in [-0.39, 0.29) is 22.5 Å². The van der Waals surface area contributed by atoms with E-state index < -0.39 is 4.92 Å². The van der Waals surface area contributed by atoms with Gasteiger partial charge in [-0.05, 0) is 18.2 Å². The number of nitrogens with zero attached hydrogens (tertiary/aromatic N) is 3. The normalized spacial score (nSPS) is 9.41. The average Bonchev–Trinajstić information content (AvgIpc) is 2.54. The molecule has 2 rings (SSSR count). The van der Waals surface area contributed by atoms with Gasteiger partial charge >= 0.3 is 0 Å². The summed E-state index contributed by atoms with van der Waals surface area (Å²) in [5, 5.41) is 32.0. The lowest BCUT2D eigenvalue weighted by Crippen LogP contribution is -2.01. The lowest BCUT2D eigenvalue weighted by Gasteiger charge is -2.11. The maximum atomic E-state index is 11.2. The summed E-state index contributed by atoms with van der Waals surface area (Å²) in [5.74, 6) is 0.500. The van der Waals surface area contributed by atoms with Crippen molar-refractivity contribution < 1.29 is 9.66 Å². The van der Waals surface area contributed by atoms with E-state index in [1.165, 1.54) is 13.2 Å². The van der Waals surface area contributed by atoms with Crippen LogP contribution < -0.4 is 10.1 Å². The van der Waals surface area contributed by atoms with Gasteiger partial charge in [0.25, 0.3) is 5.69 Å². The molecule has 7 heteroatoms. The monoisotopic (exact) mass is 294 g/mol. The molecular formula is C15H10N4O3. The Morgan fingerprint density at radius 3 is 2.36 bits per heavy atom. The first kappa shape index (κ1) is 14.8. The molecule has 1 N–H and O–H groups in total. The van der Waals surface area contributed by atoms with E-state index in [0.29, 0.717) is 11.4 Å². The van der Waals surface area contributed by atoms with Crippen LogP contribution in [0.2, 0.25) is 0 Å². The van der Waals surface area contributed by atoms with Crippen LogP contribution in [0, 0.1) is 32.8 Å². The number of rotatable bonds is 4. The molecule has 0 aliphatic carbocycles. The average molecular weight is 294 g/mol. The number of nitro benzene ring substituents is 1. The molecule has 0 unspecified atom stereocenters. The van der Waals surface area contributed by atoms with Crippen LogP contribution in [0.25, 0.3) is 0 Å². The number of benzene rings is 2. The summed E-state index contributed by atoms with van der Waals surface area (Å²) in [7, 11) is 1.48. The quantitative estimate of drug-likeness (QED) is 0.685. The third-order valence-electron chi connectivity index (χ3n) is 2.95. The highest BCUT2D eigenvalue weighted by Gasteiger charge is 2.19. The van der Waals surface area contributed by atoms with Crippen molar-refractivity contribution in [2.75, 3.05) is 12.4 Å². The topological polar surface area (TPSA) is 112 Å². The van der Waals surface area contributed by atoms with Crippen LogP contribution in [0.3, 0.4) is 0 Å². The Labute approximate surface area is 126 Å². The number of hydrogen-bond acceptors (Lipinski definition) is 6. The zero-order chi connectivity index (χ0) is 16.1. The zero-order valence-corrected chi connectivity index (χ0v) is 11.5. The number of nitriles is 2. The Kier molecular flexibility index (Phi) is 4.21. The summed E-state index contributed by atoms with van der Waals surface area (Å²) in [6.45, 7) is 0. The van der Waals surface area contributed by atoms with Crippen LogP contribution in [-0.2, 0) is 0 Å². The van der Waals surface area contributed by atoms with E-state index >= 15 is 0 Å². The summed E-state index contributed by atoms with van der Waals surface area (Å²) in [6.07, 6.45) is 0. The molecule has 0 atom stereocenters. The van der Waals surface area contributed by atoms with Crippen LogP contribution in [0.4, 0.5) is 17.1 Å². The van der Waals surface area contributed by atoms with Gasteiger partial charge in [0.1, 0.15) is 23.6 Å². The van der Waals surface area contributed by atoms with Crippen molar-refractivity contribution in [1.82, 2.24) is 0 Å². The highest BCUT2D eigenvalue weighted by Crippen LogP contribution is 2.34. The third-order valence-corrected chi connectivity index (χ3v) is 2.95. The van der Waals surface area contributed by atoms with Crippen molar-refractivity contribution in [2.45, 2.75) is 0 Å². The molecule has 7 nitrogen and oxygen atoms in total. The molecule has 0 radical (unpaired) electrons. The van der Waals surface area contributed by atoms with Crippen molar-refractivity contribution in [3.05, 3.63) is 57.6 Å². The standard InChI is InChI=1S/C15H10N4O3/c1-22-15-5-3-2-4-12(15)18-13-6-10(8-16)11(9-17)7-14(13)19(20)21/h2-7,18H,1H3. The van der Waals surface area contributed by atoms with Gasteiger partial charge in [-0.1, -0.05) is 12.1 Å². The van der Waals surface area contributed by atoms with Gasteiger partial charge in [-0.3, -0.25) is 10.1 Å². The van der Waals surface area contributed by atoms with E-state index in [0.717, 1.165) is 6.07 Å².